The van der Waals surface area contributed by atoms with Gasteiger partial charge in [-0.1, -0.05) is 17.7 Å². The van der Waals surface area contributed by atoms with Crippen molar-refractivity contribution >= 4 is 40.3 Å². The van der Waals surface area contributed by atoms with Gasteiger partial charge < -0.3 is 14.8 Å². The molecule has 1 unspecified atom stereocenters. The van der Waals surface area contributed by atoms with Crippen LogP contribution in [0.2, 0.25) is 0 Å². The molecule has 0 bridgehead atoms. The molecule has 1 amide bonds. The number of amides is 1. The van der Waals surface area contributed by atoms with Crippen molar-refractivity contribution in [3.63, 3.8) is 0 Å². The lowest BCUT2D eigenvalue weighted by Gasteiger charge is -2.10. The lowest BCUT2D eigenvalue weighted by atomic mass is 10.2. The summed E-state index contributed by atoms with van der Waals surface area (Å²) in [5.41, 5.74) is 1.28. The predicted molar refractivity (Wildman–Crippen MR) is 119 cm³/mol. The van der Waals surface area contributed by atoms with Crippen LogP contribution in [0.5, 0.6) is 5.75 Å². The third-order valence-corrected chi connectivity index (χ3v) is 6.14. The molecule has 31 heavy (non-hydrogen) atoms. The van der Waals surface area contributed by atoms with Crippen molar-refractivity contribution in [1.82, 2.24) is 10.3 Å². The maximum atomic E-state index is 12.6. The highest BCUT2D eigenvalue weighted by Gasteiger charge is 2.23. The number of carbonyl (C=O) groups is 3. The first-order valence-corrected chi connectivity index (χ1v) is 11.2. The fourth-order valence-electron chi connectivity index (χ4n) is 2.54. The van der Waals surface area contributed by atoms with Gasteiger partial charge in [-0.05, 0) is 38.1 Å². The van der Waals surface area contributed by atoms with Gasteiger partial charge in [-0.15, -0.1) is 22.7 Å². The second-order valence-corrected chi connectivity index (χ2v) is 8.93. The normalized spacial score (nSPS) is 11.6. The second-order valence-electron chi connectivity index (χ2n) is 6.82. The Balaban J connectivity index is 1.53. The SMILES string of the molecule is CC(=O)NCc1ccc(C(=O)C(C)OC(=O)c2csc(COc3ccc(C)cc3)n2)s1. The fraction of sp³-hybridized carbons (Fsp3) is 0.273. The number of thiophene rings is 1. The lowest BCUT2D eigenvalue weighted by molar-refractivity contribution is -0.119. The van der Waals surface area contributed by atoms with E-state index in [2.05, 4.69) is 10.3 Å². The number of benzene rings is 1. The van der Waals surface area contributed by atoms with Crippen LogP contribution in [0.3, 0.4) is 0 Å². The van der Waals surface area contributed by atoms with Gasteiger partial charge in [0.2, 0.25) is 11.7 Å². The van der Waals surface area contributed by atoms with E-state index < -0.39 is 12.1 Å². The quantitative estimate of drug-likeness (QED) is 0.382. The number of carbonyl (C=O) groups excluding carboxylic acids is 3. The smallest absolute Gasteiger partial charge is 0.358 e. The highest BCUT2D eigenvalue weighted by molar-refractivity contribution is 7.14. The van der Waals surface area contributed by atoms with Gasteiger partial charge in [0, 0.05) is 17.2 Å². The van der Waals surface area contributed by atoms with E-state index >= 15 is 0 Å². The number of nitrogens with one attached hydrogen (secondary N) is 1. The first-order chi connectivity index (χ1) is 14.8. The van der Waals surface area contributed by atoms with E-state index in [4.69, 9.17) is 9.47 Å². The molecule has 0 saturated carbocycles. The van der Waals surface area contributed by atoms with Gasteiger partial charge >= 0.3 is 5.97 Å². The molecule has 1 atom stereocenters. The van der Waals surface area contributed by atoms with Gasteiger partial charge in [0.1, 0.15) is 17.4 Å². The van der Waals surface area contributed by atoms with Crippen molar-refractivity contribution in [2.24, 2.45) is 0 Å². The zero-order valence-electron chi connectivity index (χ0n) is 17.3. The van der Waals surface area contributed by atoms with Crippen LogP contribution < -0.4 is 10.1 Å². The summed E-state index contributed by atoms with van der Waals surface area (Å²) in [6.07, 6.45) is -0.950. The average Bonchev–Trinajstić information content (AvgIpc) is 3.41. The molecule has 3 rings (SSSR count). The largest absolute Gasteiger partial charge is 0.486 e. The molecule has 1 N–H and O–H groups in total. The first-order valence-electron chi connectivity index (χ1n) is 9.54. The van der Waals surface area contributed by atoms with Crippen molar-refractivity contribution in [2.45, 2.75) is 40.0 Å². The van der Waals surface area contributed by atoms with Gasteiger partial charge in [-0.3, -0.25) is 9.59 Å². The van der Waals surface area contributed by atoms with Crippen LogP contribution in [-0.2, 0) is 22.7 Å². The zero-order valence-corrected chi connectivity index (χ0v) is 19.0. The number of nitrogens with zero attached hydrogens (tertiary/aromatic N) is 1. The van der Waals surface area contributed by atoms with E-state index in [-0.39, 0.29) is 24.0 Å². The number of Topliss-reactive ketones (excluding diaryl/α,β-unsaturated/α-hetero) is 1. The van der Waals surface area contributed by atoms with Crippen molar-refractivity contribution < 1.29 is 23.9 Å². The Kier molecular flexibility index (Phi) is 7.54. The van der Waals surface area contributed by atoms with Crippen molar-refractivity contribution in [3.8, 4) is 5.75 Å². The van der Waals surface area contributed by atoms with E-state index in [1.54, 1.807) is 17.5 Å². The zero-order chi connectivity index (χ0) is 22.4. The van der Waals surface area contributed by atoms with Gasteiger partial charge in [0.15, 0.2) is 11.8 Å². The molecule has 0 radical (unpaired) electrons. The van der Waals surface area contributed by atoms with E-state index in [0.717, 1.165) is 16.2 Å². The van der Waals surface area contributed by atoms with Crippen LogP contribution in [-0.4, -0.2) is 28.7 Å². The predicted octanol–water partition coefficient (Wildman–Crippen LogP) is 4.16. The van der Waals surface area contributed by atoms with E-state index in [9.17, 15) is 14.4 Å². The third-order valence-electron chi connectivity index (χ3n) is 4.21. The van der Waals surface area contributed by atoms with Gasteiger partial charge in [-0.2, -0.15) is 0 Å². The number of hydrogen-bond acceptors (Lipinski definition) is 8. The number of hydrogen-bond donors (Lipinski definition) is 1. The second kappa shape index (κ2) is 10.3. The highest BCUT2D eigenvalue weighted by atomic mass is 32.1. The van der Waals surface area contributed by atoms with Gasteiger partial charge in [-0.25, -0.2) is 9.78 Å². The fourth-order valence-corrected chi connectivity index (χ4v) is 4.18. The molecule has 0 aliphatic rings. The Morgan fingerprint density at radius 3 is 2.58 bits per heavy atom. The topological polar surface area (TPSA) is 94.6 Å². The number of ketones is 1. The number of aryl methyl sites for hydroxylation is 1. The minimum atomic E-state index is -0.950. The monoisotopic (exact) mass is 458 g/mol. The third kappa shape index (κ3) is 6.47. The molecule has 9 heteroatoms. The lowest BCUT2D eigenvalue weighted by Crippen LogP contribution is -2.24. The van der Waals surface area contributed by atoms with Crippen LogP contribution in [0.25, 0.3) is 0 Å². The molecule has 2 heterocycles. The summed E-state index contributed by atoms with van der Waals surface area (Å²) in [6, 6.07) is 11.1. The minimum Gasteiger partial charge on any atom is -0.486 e. The Labute approximate surface area is 188 Å². The Morgan fingerprint density at radius 2 is 1.87 bits per heavy atom. The van der Waals surface area contributed by atoms with E-state index in [0.29, 0.717) is 16.4 Å². The summed E-state index contributed by atoms with van der Waals surface area (Å²) < 4.78 is 11.0. The average molecular weight is 459 g/mol. The maximum Gasteiger partial charge on any atom is 0.358 e. The Bertz CT molecular complexity index is 1070. The maximum absolute atomic E-state index is 12.6. The molecule has 2 aromatic heterocycles. The van der Waals surface area contributed by atoms with Crippen LogP contribution in [0.15, 0.2) is 41.8 Å². The minimum absolute atomic E-state index is 0.143. The van der Waals surface area contributed by atoms with Crippen LogP contribution in [0.4, 0.5) is 0 Å². The molecule has 0 aliphatic carbocycles. The molecule has 0 aliphatic heterocycles. The van der Waals surface area contributed by atoms with Crippen molar-refractivity contribution in [2.75, 3.05) is 0 Å². The van der Waals surface area contributed by atoms with Gasteiger partial charge in [0.25, 0.3) is 0 Å². The molecule has 1 aromatic carbocycles. The molecule has 3 aromatic rings. The summed E-state index contributed by atoms with van der Waals surface area (Å²) in [6.45, 7) is 5.55. The molecule has 0 spiro atoms. The molecular weight excluding hydrogens is 436 g/mol. The summed E-state index contributed by atoms with van der Waals surface area (Å²) in [7, 11) is 0. The van der Waals surface area contributed by atoms with Crippen molar-refractivity contribution in [1.29, 1.82) is 0 Å². The summed E-state index contributed by atoms with van der Waals surface area (Å²) in [5, 5.41) is 4.90. The molecule has 162 valence electrons. The van der Waals surface area contributed by atoms with Crippen LogP contribution in [0.1, 0.15) is 49.5 Å². The molecular formula is C22H22N2O5S2. The van der Waals surface area contributed by atoms with Gasteiger partial charge in [0.05, 0.1) is 11.4 Å². The number of aromatic nitrogens is 1. The molecule has 7 nitrogen and oxygen atoms in total. The summed E-state index contributed by atoms with van der Waals surface area (Å²) in [4.78, 5) is 41.5. The Morgan fingerprint density at radius 1 is 1.13 bits per heavy atom. The number of ether oxygens (including phenoxy) is 2. The summed E-state index contributed by atoms with van der Waals surface area (Å²) >= 11 is 2.55. The van der Waals surface area contributed by atoms with E-state index in [1.165, 1.54) is 36.5 Å². The van der Waals surface area contributed by atoms with E-state index in [1.807, 2.05) is 31.2 Å². The number of rotatable bonds is 9. The first kappa shape index (κ1) is 22.6. The van der Waals surface area contributed by atoms with Crippen LogP contribution >= 0.6 is 22.7 Å². The number of esters is 1. The van der Waals surface area contributed by atoms with Crippen LogP contribution in [0, 0.1) is 6.92 Å². The number of thiazole rings is 1. The van der Waals surface area contributed by atoms with Crippen molar-refractivity contribution in [3.05, 3.63) is 67.8 Å². The summed E-state index contributed by atoms with van der Waals surface area (Å²) in [5.74, 6) is -0.382. The molecule has 0 fully saturated rings. The molecule has 0 saturated heterocycles. The highest BCUT2D eigenvalue weighted by Crippen LogP contribution is 2.20. The standard InChI is InChI=1S/C22H22N2O5S2/c1-13-4-6-16(7-5-13)28-11-20-24-18(12-30-20)22(27)29-14(2)21(26)19-9-8-17(31-19)10-23-15(3)25/h4-9,12,14H,10-11H2,1-3H3,(H,23,25). The Hall–Kier alpha value is -3.04.